The van der Waals surface area contributed by atoms with E-state index in [0.29, 0.717) is 5.92 Å². The van der Waals surface area contributed by atoms with Crippen LogP contribution in [0.1, 0.15) is 53.9 Å². The zero-order chi connectivity index (χ0) is 14.0. The standard InChI is InChI=1S/C16H22N2S/c1-10(2)14-8-6-7-9-15(14)17-11(3)16-12(4)19-13(5)18-16/h6-11,17H,1-5H3. The number of thiazole rings is 1. The fourth-order valence-corrected chi connectivity index (χ4v) is 3.29. The number of aromatic nitrogens is 1. The Hall–Kier alpha value is -1.35. The Kier molecular flexibility index (Phi) is 4.25. The summed E-state index contributed by atoms with van der Waals surface area (Å²) in [7, 11) is 0. The number of hydrogen-bond donors (Lipinski definition) is 1. The third-order valence-corrected chi connectivity index (χ3v) is 4.21. The summed E-state index contributed by atoms with van der Waals surface area (Å²) in [6.45, 7) is 10.8. The summed E-state index contributed by atoms with van der Waals surface area (Å²) < 4.78 is 0. The van der Waals surface area contributed by atoms with Crippen molar-refractivity contribution in [1.82, 2.24) is 4.98 Å². The van der Waals surface area contributed by atoms with Crippen LogP contribution in [0, 0.1) is 13.8 Å². The number of para-hydroxylation sites is 1. The highest BCUT2D eigenvalue weighted by atomic mass is 32.1. The fourth-order valence-electron chi connectivity index (χ4n) is 2.38. The normalized spacial score (nSPS) is 12.7. The molecule has 1 heterocycles. The van der Waals surface area contributed by atoms with Gasteiger partial charge in [0.25, 0.3) is 0 Å². The summed E-state index contributed by atoms with van der Waals surface area (Å²) in [5, 5.41) is 4.74. The molecule has 0 saturated heterocycles. The van der Waals surface area contributed by atoms with E-state index in [9.17, 15) is 0 Å². The number of nitrogens with one attached hydrogen (secondary N) is 1. The molecule has 1 aromatic heterocycles. The predicted octanol–water partition coefficient (Wildman–Crippen LogP) is 5.06. The summed E-state index contributed by atoms with van der Waals surface area (Å²) in [4.78, 5) is 5.94. The van der Waals surface area contributed by atoms with E-state index in [2.05, 4.69) is 69.2 Å². The van der Waals surface area contributed by atoms with Crippen molar-refractivity contribution < 1.29 is 0 Å². The molecule has 0 aliphatic heterocycles. The SMILES string of the molecule is Cc1nc(C(C)Nc2ccccc2C(C)C)c(C)s1. The van der Waals surface area contributed by atoms with Crippen LogP contribution in [0.25, 0.3) is 0 Å². The molecule has 0 radical (unpaired) electrons. The summed E-state index contributed by atoms with van der Waals surface area (Å²) in [6, 6.07) is 8.77. The van der Waals surface area contributed by atoms with Gasteiger partial charge in [0.1, 0.15) is 0 Å². The Morgan fingerprint density at radius 2 is 1.79 bits per heavy atom. The van der Waals surface area contributed by atoms with Crippen LogP contribution in [0.2, 0.25) is 0 Å². The Balaban J connectivity index is 2.24. The smallest absolute Gasteiger partial charge is 0.0901 e. The van der Waals surface area contributed by atoms with Crippen molar-refractivity contribution in [2.24, 2.45) is 0 Å². The second-order valence-electron chi connectivity index (χ2n) is 5.28. The molecule has 0 aliphatic rings. The molecule has 2 rings (SSSR count). The van der Waals surface area contributed by atoms with Crippen LogP contribution >= 0.6 is 11.3 Å². The lowest BCUT2D eigenvalue weighted by Gasteiger charge is -2.19. The first kappa shape index (κ1) is 14.1. The predicted molar refractivity (Wildman–Crippen MR) is 84.2 cm³/mol. The van der Waals surface area contributed by atoms with Crippen LogP contribution in [0.5, 0.6) is 0 Å². The Labute approximate surface area is 119 Å². The summed E-state index contributed by atoms with van der Waals surface area (Å²) in [5.41, 5.74) is 3.75. The van der Waals surface area contributed by atoms with Gasteiger partial charge in [-0.2, -0.15) is 0 Å². The topological polar surface area (TPSA) is 24.9 Å². The molecule has 1 N–H and O–H groups in total. The average molecular weight is 274 g/mol. The lowest BCUT2D eigenvalue weighted by Crippen LogP contribution is -2.10. The maximum Gasteiger partial charge on any atom is 0.0901 e. The third-order valence-electron chi connectivity index (χ3n) is 3.30. The van der Waals surface area contributed by atoms with Gasteiger partial charge in [-0.1, -0.05) is 32.0 Å². The van der Waals surface area contributed by atoms with E-state index in [1.807, 2.05) is 0 Å². The third kappa shape index (κ3) is 3.16. The molecule has 102 valence electrons. The molecule has 3 heteroatoms. The number of rotatable bonds is 4. The number of benzene rings is 1. The molecular formula is C16H22N2S. The highest BCUT2D eigenvalue weighted by Gasteiger charge is 2.14. The van der Waals surface area contributed by atoms with Gasteiger partial charge < -0.3 is 5.32 Å². The van der Waals surface area contributed by atoms with E-state index in [-0.39, 0.29) is 6.04 Å². The molecule has 0 amide bonds. The summed E-state index contributed by atoms with van der Waals surface area (Å²) >= 11 is 1.77. The van der Waals surface area contributed by atoms with Gasteiger partial charge in [0.15, 0.2) is 0 Å². The highest BCUT2D eigenvalue weighted by Crippen LogP contribution is 2.29. The van der Waals surface area contributed by atoms with Crippen LogP contribution in [0.4, 0.5) is 5.69 Å². The van der Waals surface area contributed by atoms with Gasteiger partial charge in [-0.25, -0.2) is 4.98 Å². The van der Waals surface area contributed by atoms with E-state index >= 15 is 0 Å². The monoisotopic (exact) mass is 274 g/mol. The van der Waals surface area contributed by atoms with Gasteiger partial charge in [0.2, 0.25) is 0 Å². The molecule has 0 fully saturated rings. The van der Waals surface area contributed by atoms with Gasteiger partial charge in [0, 0.05) is 10.6 Å². The summed E-state index contributed by atoms with van der Waals surface area (Å²) in [6.07, 6.45) is 0. The molecule has 1 aromatic carbocycles. The molecule has 2 aromatic rings. The number of hydrogen-bond acceptors (Lipinski definition) is 3. The van der Waals surface area contributed by atoms with Crippen molar-refractivity contribution in [2.45, 2.75) is 46.6 Å². The Bertz CT molecular complexity index is 558. The van der Waals surface area contributed by atoms with Gasteiger partial charge in [-0.15, -0.1) is 11.3 Å². The minimum atomic E-state index is 0.241. The van der Waals surface area contributed by atoms with E-state index < -0.39 is 0 Å². The lowest BCUT2D eigenvalue weighted by atomic mass is 10.0. The first-order chi connectivity index (χ1) is 8.99. The second-order valence-corrected chi connectivity index (χ2v) is 6.69. The minimum Gasteiger partial charge on any atom is -0.377 e. The fraction of sp³-hybridized carbons (Fsp3) is 0.438. The average Bonchev–Trinajstić information content (AvgIpc) is 2.69. The molecule has 0 spiro atoms. The van der Waals surface area contributed by atoms with E-state index in [1.54, 1.807) is 11.3 Å². The summed E-state index contributed by atoms with van der Waals surface area (Å²) in [5.74, 6) is 0.522. The molecule has 0 aliphatic carbocycles. The molecule has 0 bridgehead atoms. The Morgan fingerprint density at radius 1 is 1.11 bits per heavy atom. The molecule has 2 nitrogen and oxygen atoms in total. The number of nitrogens with zero attached hydrogens (tertiary/aromatic N) is 1. The molecule has 1 unspecified atom stereocenters. The van der Waals surface area contributed by atoms with Gasteiger partial charge >= 0.3 is 0 Å². The maximum atomic E-state index is 4.64. The van der Waals surface area contributed by atoms with Crippen LogP contribution in [-0.2, 0) is 0 Å². The Morgan fingerprint density at radius 3 is 2.37 bits per heavy atom. The van der Waals surface area contributed by atoms with Gasteiger partial charge in [-0.05, 0) is 38.3 Å². The van der Waals surface area contributed by atoms with Crippen molar-refractivity contribution in [3.05, 3.63) is 45.4 Å². The number of anilines is 1. The van der Waals surface area contributed by atoms with E-state index in [4.69, 9.17) is 0 Å². The van der Waals surface area contributed by atoms with Crippen LogP contribution in [-0.4, -0.2) is 4.98 Å². The van der Waals surface area contributed by atoms with Crippen LogP contribution < -0.4 is 5.32 Å². The largest absolute Gasteiger partial charge is 0.377 e. The zero-order valence-corrected chi connectivity index (χ0v) is 13.1. The van der Waals surface area contributed by atoms with Gasteiger partial charge in [0.05, 0.1) is 16.7 Å². The van der Waals surface area contributed by atoms with Crippen molar-refractivity contribution in [2.75, 3.05) is 5.32 Å². The van der Waals surface area contributed by atoms with Crippen LogP contribution in [0.15, 0.2) is 24.3 Å². The molecular weight excluding hydrogens is 252 g/mol. The van der Waals surface area contributed by atoms with Crippen molar-refractivity contribution in [3.63, 3.8) is 0 Å². The maximum absolute atomic E-state index is 4.64. The van der Waals surface area contributed by atoms with Gasteiger partial charge in [-0.3, -0.25) is 0 Å². The minimum absolute atomic E-state index is 0.241. The first-order valence-electron chi connectivity index (χ1n) is 6.78. The zero-order valence-electron chi connectivity index (χ0n) is 12.3. The second kappa shape index (κ2) is 5.74. The van der Waals surface area contributed by atoms with Crippen molar-refractivity contribution in [3.8, 4) is 0 Å². The highest BCUT2D eigenvalue weighted by molar-refractivity contribution is 7.11. The number of aryl methyl sites for hydroxylation is 2. The van der Waals surface area contributed by atoms with E-state index in [0.717, 1.165) is 5.01 Å². The quantitative estimate of drug-likeness (QED) is 0.843. The van der Waals surface area contributed by atoms with Crippen molar-refractivity contribution in [1.29, 1.82) is 0 Å². The molecule has 0 saturated carbocycles. The lowest BCUT2D eigenvalue weighted by molar-refractivity contribution is 0.817. The molecule has 1 atom stereocenters. The van der Waals surface area contributed by atoms with E-state index in [1.165, 1.54) is 21.8 Å². The van der Waals surface area contributed by atoms with Crippen molar-refractivity contribution >= 4 is 17.0 Å². The molecule has 19 heavy (non-hydrogen) atoms. The first-order valence-corrected chi connectivity index (χ1v) is 7.60. The van der Waals surface area contributed by atoms with Crippen LogP contribution in [0.3, 0.4) is 0 Å².